The molecular formula is C16H23ClN2O2. The first-order valence-corrected chi connectivity index (χ1v) is 7.88. The summed E-state index contributed by atoms with van der Waals surface area (Å²) >= 11 is 5.93. The average molecular weight is 311 g/mol. The van der Waals surface area contributed by atoms with Crippen LogP contribution in [-0.2, 0) is 9.53 Å². The lowest BCUT2D eigenvalue weighted by Gasteiger charge is -2.37. The molecule has 2 atom stereocenters. The summed E-state index contributed by atoms with van der Waals surface area (Å²) in [7, 11) is 0. The van der Waals surface area contributed by atoms with Crippen molar-refractivity contribution in [2.45, 2.75) is 32.2 Å². The van der Waals surface area contributed by atoms with E-state index in [4.69, 9.17) is 22.1 Å². The zero-order valence-corrected chi connectivity index (χ0v) is 13.2. The Labute approximate surface area is 131 Å². The molecule has 21 heavy (non-hydrogen) atoms. The summed E-state index contributed by atoms with van der Waals surface area (Å²) < 4.78 is 4.99. The van der Waals surface area contributed by atoms with E-state index in [9.17, 15) is 4.79 Å². The zero-order valence-electron chi connectivity index (χ0n) is 12.4. The summed E-state index contributed by atoms with van der Waals surface area (Å²) in [5.74, 6) is 0.309. The third-order valence-electron chi connectivity index (χ3n) is 3.82. The van der Waals surface area contributed by atoms with Gasteiger partial charge < -0.3 is 15.4 Å². The van der Waals surface area contributed by atoms with Crippen LogP contribution in [0, 0.1) is 5.92 Å². The highest BCUT2D eigenvalue weighted by molar-refractivity contribution is 6.30. The Morgan fingerprint density at radius 3 is 2.76 bits per heavy atom. The van der Waals surface area contributed by atoms with Crippen LogP contribution in [0.25, 0.3) is 0 Å². The molecule has 2 rings (SSSR count). The van der Waals surface area contributed by atoms with E-state index in [1.807, 2.05) is 31.2 Å². The van der Waals surface area contributed by atoms with Crippen molar-refractivity contribution in [3.8, 4) is 0 Å². The summed E-state index contributed by atoms with van der Waals surface area (Å²) in [6.45, 7) is 4.04. The lowest BCUT2D eigenvalue weighted by molar-refractivity contribution is -0.143. The maximum absolute atomic E-state index is 11.5. The molecule has 0 aliphatic carbocycles. The fourth-order valence-corrected chi connectivity index (χ4v) is 3.00. The third kappa shape index (κ3) is 4.90. The molecule has 1 aliphatic rings. The third-order valence-corrected chi connectivity index (χ3v) is 4.08. The average Bonchev–Trinajstić information content (AvgIpc) is 2.46. The van der Waals surface area contributed by atoms with E-state index in [1.54, 1.807) is 0 Å². The highest BCUT2D eigenvalue weighted by Crippen LogP contribution is 2.26. The molecule has 1 heterocycles. The number of hydrogen-bond acceptors (Lipinski definition) is 4. The van der Waals surface area contributed by atoms with Gasteiger partial charge in [0.15, 0.2) is 0 Å². The van der Waals surface area contributed by atoms with Crippen LogP contribution in [-0.4, -0.2) is 31.7 Å². The number of benzene rings is 1. The van der Waals surface area contributed by atoms with Crippen LogP contribution in [0.3, 0.4) is 0 Å². The smallest absolute Gasteiger partial charge is 0.305 e. The van der Waals surface area contributed by atoms with Gasteiger partial charge in [0.1, 0.15) is 0 Å². The lowest BCUT2D eigenvalue weighted by atomic mass is 9.90. The summed E-state index contributed by atoms with van der Waals surface area (Å²) in [5.41, 5.74) is 7.30. The van der Waals surface area contributed by atoms with Gasteiger partial charge in [0, 0.05) is 36.3 Å². The molecule has 1 saturated heterocycles. The predicted molar refractivity (Wildman–Crippen MR) is 85.6 cm³/mol. The summed E-state index contributed by atoms with van der Waals surface area (Å²) in [4.78, 5) is 13.8. The molecule has 2 N–H and O–H groups in total. The zero-order chi connectivity index (χ0) is 15.2. The number of carbonyl (C=O) groups excluding carboxylic acids is 1. The van der Waals surface area contributed by atoms with Gasteiger partial charge in [-0.05, 0) is 49.9 Å². The minimum Gasteiger partial charge on any atom is -0.466 e. The quantitative estimate of drug-likeness (QED) is 0.850. The topological polar surface area (TPSA) is 55.6 Å². The molecular weight excluding hydrogens is 288 g/mol. The molecule has 1 aromatic rings. The second kappa shape index (κ2) is 7.66. The number of hydrogen-bond donors (Lipinski definition) is 1. The molecule has 0 amide bonds. The van der Waals surface area contributed by atoms with Crippen molar-refractivity contribution in [3.05, 3.63) is 29.3 Å². The lowest BCUT2D eigenvalue weighted by Crippen LogP contribution is -2.47. The molecule has 1 aliphatic heterocycles. The number of ether oxygens (including phenoxy) is 1. The Morgan fingerprint density at radius 2 is 2.10 bits per heavy atom. The predicted octanol–water partition coefficient (Wildman–Crippen LogP) is 2.84. The number of halogens is 1. The Hall–Kier alpha value is -1.26. The molecule has 116 valence electrons. The maximum atomic E-state index is 11.5. The Bertz CT molecular complexity index is 464. The van der Waals surface area contributed by atoms with Gasteiger partial charge in [-0.2, -0.15) is 0 Å². The van der Waals surface area contributed by atoms with E-state index >= 15 is 0 Å². The largest absolute Gasteiger partial charge is 0.466 e. The fourth-order valence-electron chi connectivity index (χ4n) is 2.87. The van der Waals surface area contributed by atoms with Crippen LogP contribution in [0.1, 0.15) is 26.2 Å². The maximum Gasteiger partial charge on any atom is 0.305 e. The number of piperidine rings is 1. The van der Waals surface area contributed by atoms with Crippen LogP contribution in [0.4, 0.5) is 5.69 Å². The van der Waals surface area contributed by atoms with Gasteiger partial charge in [0.2, 0.25) is 0 Å². The highest BCUT2D eigenvalue weighted by Gasteiger charge is 2.25. The van der Waals surface area contributed by atoms with Gasteiger partial charge in [0.05, 0.1) is 6.61 Å². The van der Waals surface area contributed by atoms with Gasteiger partial charge in [-0.3, -0.25) is 4.79 Å². The van der Waals surface area contributed by atoms with E-state index in [2.05, 4.69) is 4.90 Å². The first-order chi connectivity index (χ1) is 10.1. The van der Waals surface area contributed by atoms with Crippen molar-refractivity contribution < 1.29 is 9.53 Å². The molecule has 0 radical (unpaired) electrons. The first kappa shape index (κ1) is 16.1. The molecule has 5 heteroatoms. The van der Waals surface area contributed by atoms with Gasteiger partial charge in [-0.25, -0.2) is 0 Å². The van der Waals surface area contributed by atoms with Crippen molar-refractivity contribution in [1.82, 2.24) is 0 Å². The van der Waals surface area contributed by atoms with Crippen LogP contribution < -0.4 is 10.6 Å². The monoisotopic (exact) mass is 310 g/mol. The van der Waals surface area contributed by atoms with Crippen molar-refractivity contribution in [2.75, 3.05) is 24.6 Å². The fraction of sp³-hybridized carbons (Fsp3) is 0.562. The normalized spacial score (nSPS) is 22.1. The number of nitrogens with zero attached hydrogens (tertiary/aromatic N) is 1. The molecule has 0 bridgehead atoms. The minimum absolute atomic E-state index is 0.116. The van der Waals surface area contributed by atoms with Gasteiger partial charge in [0.25, 0.3) is 0 Å². The second-order valence-electron chi connectivity index (χ2n) is 5.59. The Kier molecular flexibility index (Phi) is 5.88. The number of carbonyl (C=O) groups is 1. The van der Waals surface area contributed by atoms with E-state index in [-0.39, 0.29) is 12.0 Å². The van der Waals surface area contributed by atoms with Gasteiger partial charge in [-0.15, -0.1) is 0 Å². The number of esters is 1. The number of anilines is 1. The number of nitrogens with two attached hydrogens (primary N) is 1. The van der Waals surface area contributed by atoms with Crippen molar-refractivity contribution in [1.29, 1.82) is 0 Å². The van der Waals surface area contributed by atoms with E-state index in [0.717, 1.165) is 36.6 Å². The van der Waals surface area contributed by atoms with Crippen molar-refractivity contribution in [3.63, 3.8) is 0 Å². The molecule has 0 saturated carbocycles. The van der Waals surface area contributed by atoms with Crippen molar-refractivity contribution >= 4 is 23.3 Å². The molecule has 1 aromatic carbocycles. The molecule has 2 unspecified atom stereocenters. The van der Waals surface area contributed by atoms with Crippen molar-refractivity contribution in [2.24, 2.45) is 11.7 Å². The van der Waals surface area contributed by atoms with E-state index in [0.29, 0.717) is 18.9 Å². The van der Waals surface area contributed by atoms with E-state index in [1.165, 1.54) is 0 Å². The standard InChI is InChI=1S/C16H23ClN2O2/c1-2-21-16(20)8-3-12-9-14(18)11-19(10-12)15-6-4-13(17)5-7-15/h4-7,12,14H,2-3,8-11,18H2,1H3. The Morgan fingerprint density at radius 1 is 1.38 bits per heavy atom. The number of rotatable bonds is 5. The Balaban J connectivity index is 1.92. The summed E-state index contributed by atoms with van der Waals surface area (Å²) in [5, 5.41) is 0.735. The first-order valence-electron chi connectivity index (χ1n) is 7.50. The van der Waals surface area contributed by atoms with Crippen LogP contribution >= 0.6 is 11.6 Å². The van der Waals surface area contributed by atoms with Crippen LogP contribution in [0.15, 0.2) is 24.3 Å². The second-order valence-corrected chi connectivity index (χ2v) is 6.02. The molecule has 0 aromatic heterocycles. The molecule has 1 fully saturated rings. The SMILES string of the molecule is CCOC(=O)CCC1CC(N)CN(c2ccc(Cl)cc2)C1. The van der Waals surface area contributed by atoms with Gasteiger partial charge >= 0.3 is 5.97 Å². The van der Waals surface area contributed by atoms with Crippen LogP contribution in [0.2, 0.25) is 5.02 Å². The van der Waals surface area contributed by atoms with E-state index < -0.39 is 0 Å². The van der Waals surface area contributed by atoms with Gasteiger partial charge in [-0.1, -0.05) is 11.6 Å². The summed E-state index contributed by atoms with van der Waals surface area (Å²) in [6.07, 6.45) is 2.26. The highest BCUT2D eigenvalue weighted by atomic mass is 35.5. The minimum atomic E-state index is -0.116. The molecule has 4 nitrogen and oxygen atoms in total. The van der Waals surface area contributed by atoms with Crippen LogP contribution in [0.5, 0.6) is 0 Å². The molecule has 0 spiro atoms. The summed E-state index contributed by atoms with van der Waals surface area (Å²) in [6, 6.07) is 7.96.